The molecule has 1 aliphatic heterocycles. The minimum absolute atomic E-state index is 0.0433. The minimum atomic E-state index is -0.378. The molecule has 0 radical (unpaired) electrons. The number of anilines is 2. The van der Waals surface area contributed by atoms with E-state index in [1.54, 1.807) is 30.0 Å². The second kappa shape index (κ2) is 8.48. The number of urea groups is 1. The number of hydrogen-bond acceptors (Lipinski definition) is 4. The first kappa shape index (κ1) is 18.7. The topological polar surface area (TPSA) is 114 Å². The van der Waals surface area contributed by atoms with Crippen molar-refractivity contribution < 1.29 is 19.1 Å². The van der Waals surface area contributed by atoms with Crippen LogP contribution >= 0.6 is 0 Å². The Bertz CT molecular complexity index is 662. The first-order valence-electron chi connectivity index (χ1n) is 8.16. The smallest absolute Gasteiger partial charge is 0.321 e. The summed E-state index contributed by atoms with van der Waals surface area (Å²) in [6.45, 7) is 2.67. The maximum Gasteiger partial charge on any atom is 0.321 e. The Hall–Kier alpha value is -2.61. The molecule has 1 heterocycles. The van der Waals surface area contributed by atoms with Crippen LogP contribution in [0, 0.1) is 12.8 Å². The number of hydrogen-bond donors (Lipinski definition) is 3. The van der Waals surface area contributed by atoms with Crippen LogP contribution in [0.5, 0.6) is 0 Å². The van der Waals surface area contributed by atoms with E-state index in [0.717, 1.165) is 12.0 Å². The highest BCUT2D eigenvalue weighted by Gasteiger charge is 2.27. The van der Waals surface area contributed by atoms with Gasteiger partial charge in [0.15, 0.2) is 0 Å². The molecule has 0 bridgehead atoms. The summed E-state index contributed by atoms with van der Waals surface area (Å²) in [5.41, 5.74) is 7.29. The molecular formula is C17H24N4O4. The molecule has 4 N–H and O–H groups in total. The molecule has 2 rings (SSSR count). The number of nitrogens with one attached hydrogen (secondary N) is 2. The maximum atomic E-state index is 12.5. The quantitative estimate of drug-likeness (QED) is 0.744. The maximum absolute atomic E-state index is 12.5. The number of benzene rings is 1. The van der Waals surface area contributed by atoms with E-state index in [4.69, 9.17) is 10.5 Å². The highest BCUT2D eigenvalue weighted by Crippen LogP contribution is 2.24. The Kier molecular flexibility index (Phi) is 6.35. The number of nitrogens with zero attached hydrogens (tertiary/aromatic N) is 1. The number of nitrogens with two attached hydrogens (primary N) is 1. The van der Waals surface area contributed by atoms with Crippen molar-refractivity contribution >= 4 is 29.2 Å². The summed E-state index contributed by atoms with van der Waals surface area (Å²) in [5.74, 6) is -0.953. The van der Waals surface area contributed by atoms with E-state index in [0.29, 0.717) is 30.9 Å². The molecule has 0 aliphatic carbocycles. The fourth-order valence-corrected chi connectivity index (χ4v) is 2.81. The molecule has 1 atom stereocenters. The van der Waals surface area contributed by atoms with Crippen LogP contribution in [0.3, 0.4) is 0 Å². The van der Waals surface area contributed by atoms with Crippen molar-refractivity contribution in [1.29, 1.82) is 0 Å². The van der Waals surface area contributed by atoms with Crippen LogP contribution in [0.2, 0.25) is 0 Å². The number of carbonyl (C=O) groups is 3. The van der Waals surface area contributed by atoms with E-state index in [1.165, 1.54) is 7.11 Å². The molecule has 8 nitrogen and oxygen atoms in total. The van der Waals surface area contributed by atoms with Crippen LogP contribution in [0.15, 0.2) is 18.2 Å². The normalized spacial score (nSPS) is 17.0. The molecular weight excluding hydrogens is 324 g/mol. The summed E-state index contributed by atoms with van der Waals surface area (Å²) >= 11 is 0. The van der Waals surface area contributed by atoms with E-state index in [1.807, 2.05) is 0 Å². The van der Waals surface area contributed by atoms with Crippen molar-refractivity contribution in [2.24, 2.45) is 11.7 Å². The van der Waals surface area contributed by atoms with Gasteiger partial charge in [-0.25, -0.2) is 4.79 Å². The lowest BCUT2D eigenvalue weighted by atomic mass is 9.98. The number of primary amides is 1. The summed E-state index contributed by atoms with van der Waals surface area (Å²) in [7, 11) is 1.45. The highest BCUT2D eigenvalue weighted by molar-refractivity contribution is 5.96. The Balaban J connectivity index is 2.05. The van der Waals surface area contributed by atoms with Gasteiger partial charge in [-0.15, -0.1) is 0 Å². The monoisotopic (exact) mass is 348 g/mol. The van der Waals surface area contributed by atoms with Gasteiger partial charge in [0.25, 0.3) is 0 Å². The zero-order chi connectivity index (χ0) is 18.4. The molecule has 1 aromatic carbocycles. The van der Waals surface area contributed by atoms with Crippen molar-refractivity contribution in [2.45, 2.75) is 19.8 Å². The predicted molar refractivity (Wildman–Crippen MR) is 94.2 cm³/mol. The van der Waals surface area contributed by atoms with Gasteiger partial charge in [0.2, 0.25) is 11.8 Å². The molecule has 1 fully saturated rings. The lowest BCUT2D eigenvalue weighted by Gasteiger charge is -2.31. The number of amides is 4. The number of ether oxygens (including phenoxy) is 1. The summed E-state index contributed by atoms with van der Waals surface area (Å²) in [5, 5.41) is 5.57. The van der Waals surface area contributed by atoms with Gasteiger partial charge in [-0.05, 0) is 37.5 Å². The zero-order valence-electron chi connectivity index (χ0n) is 14.5. The van der Waals surface area contributed by atoms with Crippen molar-refractivity contribution in [3.63, 3.8) is 0 Å². The van der Waals surface area contributed by atoms with Gasteiger partial charge in [0, 0.05) is 31.6 Å². The summed E-state index contributed by atoms with van der Waals surface area (Å²) in [4.78, 5) is 37.1. The average Bonchev–Trinajstić information content (AvgIpc) is 2.58. The Morgan fingerprint density at radius 2 is 1.96 bits per heavy atom. The standard InChI is InChI=1S/C17H24N4O4/c1-11-13(19-15(22)10-25-2)6-3-7-14(11)20-17(24)21-8-4-5-12(9-21)16(18)23/h3,6-7,12H,4-5,8-10H2,1-2H3,(H2,18,23)(H,19,22)(H,20,24)/t12-/m1/s1. The fourth-order valence-electron chi connectivity index (χ4n) is 2.81. The summed E-state index contributed by atoms with van der Waals surface area (Å²) in [6.07, 6.45) is 1.45. The van der Waals surface area contributed by atoms with E-state index in [2.05, 4.69) is 10.6 Å². The van der Waals surface area contributed by atoms with E-state index >= 15 is 0 Å². The molecule has 136 valence electrons. The first-order chi connectivity index (χ1) is 11.9. The van der Waals surface area contributed by atoms with Crippen LogP contribution in [0.4, 0.5) is 16.2 Å². The molecule has 8 heteroatoms. The number of piperidine rings is 1. The van der Waals surface area contributed by atoms with Gasteiger partial charge in [-0.3, -0.25) is 9.59 Å². The zero-order valence-corrected chi connectivity index (χ0v) is 14.5. The largest absolute Gasteiger partial charge is 0.375 e. The van der Waals surface area contributed by atoms with Crippen LogP contribution < -0.4 is 16.4 Å². The first-order valence-corrected chi connectivity index (χ1v) is 8.16. The molecule has 0 unspecified atom stereocenters. The molecule has 4 amide bonds. The van der Waals surface area contributed by atoms with E-state index in [-0.39, 0.29) is 30.4 Å². The predicted octanol–water partition coefficient (Wildman–Crippen LogP) is 1.31. The number of rotatable bonds is 5. The fraction of sp³-hybridized carbons (Fsp3) is 0.471. The Morgan fingerprint density at radius 3 is 2.60 bits per heavy atom. The molecule has 0 aromatic heterocycles. The second-order valence-corrected chi connectivity index (χ2v) is 6.08. The third-order valence-electron chi connectivity index (χ3n) is 4.24. The molecule has 1 saturated heterocycles. The number of carbonyl (C=O) groups excluding carboxylic acids is 3. The van der Waals surface area contributed by atoms with E-state index < -0.39 is 0 Å². The third kappa shape index (κ3) is 4.93. The van der Waals surface area contributed by atoms with Gasteiger partial charge < -0.3 is 26.0 Å². The second-order valence-electron chi connectivity index (χ2n) is 6.08. The van der Waals surface area contributed by atoms with Crippen molar-refractivity contribution in [1.82, 2.24) is 4.90 Å². The Labute approximate surface area is 146 Å². The summed E-state index contributed by atoms with van der Waals surface area (Å²) < 4.78 is 4.79. The lowest BCUT2D eigenvalue weighted by Crippen LogP contribution is -2.45. The van der Waals surface area contributed by atoms with Crippen molar-refractivity contribution in [2.75, 3.05) is 37.4 Å². The van der Waals surface area contributed by atoms with Gasteiger partial charge >= 0.3 is 6.03 Å². The average molecular weight is 348 g/mol. The number of likely N-dealkylation sites (tertiary alicyclic amines) is 1. The van der Waals surface area contributed by atoms with Gasteiger partial charge in [-0.2, -0.15) is 0 Å². The number of methoxy groups -OCH3 is 1. The molecule has 0 saturated carbocycles. The highest BCUT2D eigenvalue weighted by atomic mass is 16.5. The van der Waals surface area contributed by atoms with Crippen LogP contribution in [0.25, 0.3) is 0 Å². The molecule has 25 heavy (non-hydrogen) atoms. The summed E-state index contributed by atoms with van der Waals surface area (Å²) in [6, 6.07) is 4.97. The van der Waals surface area contributed by atoms with Gasteiger partial charge in [-0.1, -0.05) is 6.07 Å². The van der Waals surface area contributed by atoms with Gasteiger partial charge in [0.05, 0.1) is 5.92 Å². The van der Waals surface area contributed by atoms with Crippen molar-refractivity contribution in [3.8, 4) is 0 Å². The molecule has 1 aromatic rings. The lowest BCUT2D eigenvalue weighted by molar-refractivity contribution is -0.123. The SMILES string of the molecule is COCC(=O)Nc1cccc(NC(=O)N2CCC[C@@H](C(N)=O)C2)c1C. The van der Waals surface area contributed by atoms with Crippen LogP contribution in [-0.2, 0) is 14.3 Å². The van der Waals surface area contributed by atoms with E-state index in [9.17, 15) is 14.4 Å². The van der Waals surface area contributed by atoms with Gasteiger partial charge in [0.1, 0.15) is 6.61 Å². The minimum Gasteiger partial charge on any atom is -0.375 e. The van der Waals surface area contributed by atoms with Crippen LogP contribution in [0.1, 0.15) is 18.4 Å². The van der Waals surface area contributed by atoms with Crippen molar-refractivity contribution in [3.05, 3.63) is 23.8 Å². The van der Waals surface area contributed by atoms with Crippen LogP contribution in [-0.4, -0.2) is 49.6 Å². The molecule has 0 spiro atoms. The third-order valence-corrected chi connectivity index (χ3v) is 4.24. The molecule has 1 aliphatic rings. The Morgan fingerprint density at radius 1 is 1.28 bits per heavy atom.